The van der Waals surface area contributed by atoms with Crippen molar-refractivity contribution in [3.05, 3.63) is 78.3 Å². The molecule has 0 unspecified atom stereocenters. The zero-order chi connectivity index (χ0) is 16.7. The number of imidazole rings is 1. The van der Waals surface area contributed by atoms with Crippen LogP contribution in [0.25, 0.3) is 16.1 Å². The second kappa shape index (κ2) is 9.36. The van der Waals surface area contributed by atoms with E-state index >= 15 is 0 Å². The number of carboxylic acids is 1. The summed E-state index contributed by atoms with van der Waals surface area (Å²) in [4.78, 5) is 21.3. The fourth-order valence-corrected chi connectivity index (χ4v) is 1.71. The van der Waals surface area contributed by atoms with Gasteiger partial charge in [-0.2, -0.15) is 6.07 Å². The van der Waals surface area contributed by atoms with E-state index in [1.54, 1.807) is 36.7 Å². The minimum absolute atomic E-state index is 0. The van der Waals surface area contributed by atoms with E-state index in [-0.39, 0.29) is 25.8 Å². The second-order valence-electron chi connectivity index (χ2n) is 4.52. The summed E-state index contributed by atoms with van der Waals surface area (Å²) in [5.74, 6) is -0.990. The number of rotatable bonds is 2. The third-order valence-corrected chi connectivity index (χ3v) is 2.78. The molecule has 1 N–H and O–H groups in total. The smallest absolute Gasteiger partial charge is 0.354 e. The summed E-state index contributed by atoms with van der Waals surface area (Å²) in [5, 5.41) is 8.32. The zero-order valence-corrected chi connectivity index (χ0v) is 15.1. The number of carbonyl (C=O) groups is 1. The first-order valence-electron chi connectivity index (χ1n) is 6.62. The van der Waals surface area contributed by atoms with Crippen molar-refractivity contribution in [1.29, 1.82) is 0 Å². The number of hydrogen-bond donors (Lipinski definition) is 1. The molecule has 6 nitrogen and oxygen atoms in total. The maximum atomic E-state index is 10.1. The molecule has 3 rings (SSSR count). The fourth-order valence-electron chi connectivity index (χ4n) is 1.71. The second-order valence-corrected chi connectivity index (χ2v) is 4.52. The number of hydrogen-bond acceptors (Lipinski definition) is 3. The van der Waals surface area contributed by atoms with E-state index in [1.807, 2.05) is 17.8 Å². The quantitative estimate of drug-likeness (QED) is 0.552. The molecule has 2 aromatic heterocycles. The Bertz CT molecular complexity index is 841. The molecule has 0 bridgehead atoms. The van der Waals surface area contributed by atoms with Crippen LogP contribution in [0.15, 0.2) is 55.1 Å². The Labute approximate surface area is 153 Å². The van der Waals surface area contributed by atoms with E-state index in [9.17, 15) is 4.79 Å². The maximum Gasteiger partial charge on any atom is 0.354 e. The number of carboxylic acid groups (broad SMARTS) is 1. The largest absolute Gasteiger partial charge is 0.477 e. The van der Waals surface area contributed by atoms with Gasteiger partial charge in [-0.05, 0) is 18.3 Å². The minimum Gasteiger partial charge on any atom is -0.477 e. The number of aromatic carboxylic acids is 1. The van der Waals surface area contributed by atoms with Crippen molar-refractivity contribution < 1.29 is 30.0 Å². The standard InChI is InChI=1S/C11H8N3.C6H5NO2.Ir/c1-12-10-5-3-4-9(6-10)11-7-14(2)8-13-11;8-6(9)5-3-1-2-4-7-5;/h3,5-8H,2H3;1-4H,(H,8,9);/q-1;;. The molecule has 1 radical (unpaired) electrons. The van der Waals surface area contributed by atoms with Gasteiger partial charge in [-0.3, -0.25) is 9.83 Å². The summed E-state index contributed by atoms with van der Waals surface area (Å²) in [6.45, 7) is 6.89. The Hall–Kier alpha value is -2.81. The van der Waals surface area contributed by atoms with Crippen LogP contribution in [0.4, 0.5) is 5.69 Å². The van der Waals surface area contributed by atoms with Gasteiger partial charge in [0.1, 0.15) is 11.4 Å². The molecule has 7 heteroatoms. The molecular formula is C17H13IrN4O2-. The third kappa shape index (κ3) is 5.43. The molecular weight excluding hydrogens is 484 g/mol. The van der Waals surface area contributed by atoms with Crippen LogP contribution in [-0.4, -0.2) is 25.6 Å². The molecule has 0 aliphatic carbocycles. The van der Waals surface area contributed by atoms with Crippen molar-refractivity contribution in [2.45, 2.75) is 0 Å². The molecule has 0 spiro atoms. The van der Waals surface area contributed by atoms with Crippen LogP contribution >= 0.6 is 0 Å². The Kier molecular flexibility index (Phi) is 7.50. The zero-order valence-electron chi connectivity index (χ0n) is 12.7. The number of pyridine rings is 1. The van der Waals surface area contributed by atoms with E-state index in [0.717, 1.165) is 11.3 Å². The van der Waals surface area contributed by atoms with Crippen molar-refractivity contribution in [2.24, 2.45) is 7.05 Å². The predicted octanol–water partition coefficient (Wildman–Crippen LogP) is 3.22. The van der Waals surface area contributed by atoms with E-state index < -0.39 is 5.97 Å². The average Bonchev–Trinajstić information content (AvgIpc) is 3.03. The summed E-state index contributed by atoms with van der Waals surface area (Å²) < 4.78 is 1.87. The van der Waals surface area contributed by atoms with Gasteiger partial charge < -0.3 is 9.67 Å². The Balaban J connectivity index is 0.000000252. The summed E-state index contributed by atoms with van der Waals surface area (Å²) in [5.41, 5.74) is 2.40. The van der Waals surface area contributed by atoms with Gasteiger partial charge in [0, 0.05) is 39.0 Å². The number of aromatic nitrogens is 3. The van der Waals surface area contributed by atoms with Crippen molar-refractivity contribution in [2.75, 3.05) is 0 Å². The SMILES string of the molecule is O=C(O)c1ccccn1.[C-]#[N+]c1cc[c-]c(-c2cn(C)cn2)c1.[Ir]. The van der Waals surface area contributed by atoms with Crippen LogP contribution in [0.5, 0.6) is 0 Å². The Morgan fingerprint density at radius 2 is 2.12 bits per heavy atom. The minimum atomic E-state index is -0.990. The molecule has 0 aliphatic rings. The summed E-state index contributed by atoms with van der Waals surface area (Å²) >= 11 is 0. The maximum absolute atomic E-state index is 10.1. The Morgan fingerprint density at radius 1 is 1.33 bits per heavy atom. The van der Waals surface area contributed by atoms with Gasteiger partial charge in [0.25, 0.3) is 0 Å². The molecule has 0 amide bonds. The third-order valence-electron chi connectivity index (χ3n) is 2.78. The van der Waals surface area contributed by atoms with Gasteiger partial charge in [-0.15, -0.1) is 23.8 Å². The fraction of sp³-hybridized carbons (Fsp3) is 0.0588. The number of benzene rings is 1. The molecule has 0 fully saturated rings. The molecule has 24 heavy (non-hydrogen) atoms. The van der Waals surface area contributed by atoms with Gasteiger partial charge in [-0.1, -0.05) is 6.07 Å². The van der Waals surface area contributed by atoms with E-state index in [4.69, 9.17) is 11.7 Å². The first-order valence-corrected chi connectivity index (χ1v) is 6.62. The van der Waals surface area contributed by atoms with E-state index in [2.05, 4.69) is 20.9 Å². The van der Waals surface area contributed by atoms with Crippen LogP contribution in [0.1, 0.15) is 10.5 Å². The van der Waals surface area contributed by atoms with Gasteiger partial charge >= 0.3 is 5.97 Å². The molecule has 2 heterocycles. The topological polar surface area (TPSA) is 72.4 Å². The number of aryl methyl sites for hydroxylation is 1. The van der Waals surface area contributed by atoms with Crippen molar-refractivity contribution in [3.63, 3.8) is 0 Å². The van der Waals surface area contributed by atoms with E-state index in [1.165, 1.54) is 12.3 Å². The van der Waals surface area contributed by atoms with E-state index in [0.29, 0.717) is 5.69 Å². The molecule has 0 saturated carbocycles. The van der Waals surface area contributed by atoms with Crippen molar-refractivity contribution in [3.8, 4) is 11.3 Å². The summed E-state index contributed by atoms with van der Waals surface area (Å²) in [6.07, 6.45) is 5.08. The van der Waals surface area contributed by atoms with Crippen LogP contribution < -0.4 is 0 Å². The van der Waals surface area contributed by atoms with Crippen LogP contribution in [0, 0.1) is 12.6 Å². The Morgan fingerprint density at radius 3 is 2.62 bits per heavy atom. The first kappa shape index (κ1) is 19.2. The average molecular weight is 498 g/mol. The van der Waals surface area contributed by atoms with Crippen molar-refractivity contribution in [1.82, 2.24) is 14.5 Å². The molecule has 0 aliphatic heterocycles. The van der Waals surface area contributed by atoms with Gasteiger partial charge in [0.2, 0.25) is 0 Å². The van der Waals surface area contributed by atoms with Gasteiger partial charge in [0.15, 0.2) is 0 Å². The normalized spacial score (nSPS) is 9.00. The van der Waals surface area contributed by atoms with Crippen LogP contribution in [0.3, 0.4) is 0 Å². The molecule has 0 saturated heterocycles. The molecule has 0 atom stereocenters. The molecule has 123 valence electrons. The summed E-state index contributed by atoms with van der Waals surface area (Å²) in [6, 6.07) is 13.1. The molecule has 3 aromatic rings. The molecule has 1 aromatic carbocycles. The summed E-state index contributed by atoms with van der Waals surface area (Å²) in [7, 11) is 1.91. The van der Waals surface area contributed by atoms with Crippen molar-refractivity contribution >= 4 is 11.7 Å². The first-order chi connectivity index (χ1) is 11.1. The van der Waals surface area contributed by atoms with Gasteiger partial charge in [-0.25, -0.2) is 9.78 Å². The van der Waals surface area contributed by atoms with Crippen LogP contribution in [-0.2, 0) is 27.2 Å². The monoisotopic (exact) mass is 498 g/mol. The van der Waals surface area contributed by atoms with Gasteiger partial charge in [0.05, 0.1) is 12.9 Å². The number of nitrogens with zero attached hydrogens (tertiary/aromatic N) is 4. The predicted molar refractivity (Wildman–Crippen MR) is 84.9 cm³/mol. The van der Waals surface area contributed by atoms with Crippen LogP contribution in [0.2, 0.25) is 0 Å².